The fraction of sp³-hybridized carbons (Fsp3) is 0.667. The first-order chi connectivity index (χ1) is 19.1. The molecule has 224 valence electrons. The van der Waals surface area contributed by atoms with E-state index < -0.39 is 40.0 Å². The predicted molar refractivity (Wildman–Crippen MR) is 156 cm³/mol. The minimum absolute atomic E-state index is 0.0942. The Morgan fingerprint density at radius 3 is 2.35 bits per heavy atom. The number of carbonyl (C=O) groups is 2. The number of nitrogens with zero attached hydrogens (tertiary/aromatic N) is 1. The molecule has 0 aromatic heterocycles. The molecule has 1 heterocycles. The molecule has 1 aliphatic heterocycles. The molecule has 1 aromatic carbocycles. The van der Waals surface area contributed by atoms with Gasteiger partial charge < -0.3 is 4.74 Å². The zero-order valence-electron chi connectivity index (χ0n) is 24.2. The summed E-state index contributed by atoms with van der Waals surface area (Å²) in [4.78, 5) is 32.9. The molecule has 0 radical (unpaired) electrons. The number of benzene rings is 1. The molecule has 1 unspecified atom stereocenters. The molecule has 10 heteroatoms. The van der Waals surface area contributed by atoms with Crippen LogP contribution in [0.15, 0.2) is 36.4 Å². The molecular weight excluding hydrogens is 530 g/mol. The first kappa shape index (κ1) is 32.2. The van der Waals surface area contributed by atoms with E-state index in [2.05, 4.69) is 10.9 Å². The van der Waals surface area contributed by atoms with Crippen molar-refractivity contribution in [1.29, 1.82) is 0 Å². The van der Waals surface area contributed by atoms with Gasteiger partial charge in [-0.25, -0.2) is 18.7 Å². The maximum Gasteiger partial charge on any atom is 0.247 e. The number of hydrazine groups is 1. The topological polar surface area (TPSA) is 114 Å². The van der Waals surface area contributed by atoms with E-state index in [-0.39, 0.29) is 24.8 Å². The van der Waals surface area contributed by atoms with E-state index >= 15 is 0 Å². The Balaban J connectivity index is 1.80. The van der Waals surface area contributed by atoms with E-state index in [1.807, 2.05) is 56.3 Å². The second-order valence-electron chi connectivity index (χ2n) is 11.5. The smallest absolute Gasteiger partial charge is 0.247 e. The van der Waals surface area contributed by atoms with Crippen LogP contribution in [0.5, 0.6) is 0 Å². The van der Waals surface area contributed by atoms with E-state index in [0.29, 0.717) is 19.4 Å². The lowest BCUT2D eigenvalue weighted by molar-refractivity contribution is -0.203. The van der Waals surface area contributed by atoms with Crippen molar-refractivity contribution in [3.05, 3.63) is 42.0 Å². The number of nitrogens with one attached hydrogen (secondary N) is 2. The zero-order chi connectivity index (χ0) is 29.0. The Labute approximate surface area is 240 Å². The summed E-state index contributed by atoms with van der Waals surface area (Å²) in [5, 5.41) is 0. The fourth-order valence-electron chi connectivity index (χ4n) is 5.41. The highest BCUT2D eigenvalue weighted by Crippen LogP contribution is 2.28. The first-order valence-electron chi connectivity index (χ1n) is 14.7. The van der Waals surface area contributed by atoms with Crippen molar-refractivity contribution in [1.82, 2.24) is 15.3 Å². The van der Waals surface area contributed by atoms with Crippen LogP contribution < -0.4 is 10.9 Å². The molecule has 3 rings (SSSR count). The molecule has 3 atom stereocenters. The van der Waals surface area contributed by atoms with Gasteiger partial charge in [0.05, 0.1) is 18.1 Å². The summed E-state index contributed by atoms with van der Waals surface area (Å²) in [6, 6.07) is 9.72. The predicted octanol–water partition coefficient (Wildman–Crippen LogP) is 4.82. The Kier molecular flexibility index (Phi) is 13.1. The van der Waals surface area contributed by atoms with Crippen LogP contribution in [-0.2, 0) is 29.2 Å². The van der Waals surface area contributed by atoms with Crippen LogP contribution in [0.2, 0.25) is 0 Å². The highest BCUT2D eigenvalue weighted by molar-refractivity contribution is 7.88. The van der Waals surface area contributed by atoms with E-state index in [9.17, 15) is 18.0 Å². The largest absolute Gasteiger partial charge is 0.350 e. The number of hydrogen-bond donors (Lipinski definition) is 2. The second-order valence-corrected chi connectivity index (χ2v) is 13.5. The van der Waals surface area contributed by atoms with Crippen LogP contribution in [0.1, 0.15) is 83.6 Å². The number of rotatable bonds is 14. The molecule has 2 aliphatic rings. The lowest BCUT2D eigenvalue weighted by Gasteiger charge is -2.32. The van der Waals surface area contributed by atoms with E-state index in [4.69, 9.17) is 9.57 Å². The van der Waals surface area contributed by atoms with Crippen LogP contribution >= 0.6 is 0 Å². The van der Waals surface area contributed by atoms with Crippen molar-refractivity contribution >= 4 is 27.9 Å². The molecule has 2 fully saturated rings. The number of allylic oxidation sites excluding steroid dienone is 1. The molecule has 0 spiro atoms. The van der Waals surface area contributed by atoms with Gasteiger partial charge in [0.2, 0.25) is 21.8 Å². The van der Waals surface area contributed by atoms with E-state index in [0.717, 1.165) is 61.2 Å². The van der Waals surface area contributed by atoms with Crippen LogP contribution in [0.25, 0.3) is 6.08 Å². The van der Waals surface area contributed by atoms with Crippen molar-refractivity contribution in [2.45, 2.75) is 84.3 Å². The van der Waals surface area contributed by atoms with E-state index in [1.54, 1.807) is 0 Å². The minimum Gasteiger partial charge on any atom is -0.350 e. The number of hydrogen-bond acceptors (Lipinski definition) is 6. The molecule has 0 bridgehead atoms. The van der Waals surface area contributed by atoms with Gasteiger partial charge in [-0.15, -0.1) is 4.41 Å². The summed E-state index contributed by atoms with van der Waals surface area (Å²) < 4.78 is 32.0. The lowest BCUT2D eigenvalue weighted by Crippen LogP contribution is -2.52. The minimum atomic E-state index is -3.70. The SMILES string of the molecule is CC(C)C[C@@H](C(=O)NN(CC1CCCCC1)S(C)(=O)=O)[C@H](CC=Cc1ccccc1)C(=O)NOC1CCCCO1. The Bertz CT molecular complexity index is 1050. The normalized spacial score (nSPS) is 20.5. The molecule has 1 aliphatic carbocycles. The van der Waals surface area contributed by atoms with Crippen LogP contribution in [-0.4, -0.2) is 50.3 Å². The summed E-state index contributed by atoms with van der Waals surface area (Å²) >= 11 is 0. The second kappa shape index (κ2) is 16.2. The summed E-state index contributed by atoms with van der Waals surface area (Å²) in [5.74, 6) is -2.15. The van der Waals surface area contributed by atoms with Gasteiger partial charge in [-0.2, -0.15) is 0 Å². The monoisotopic (exact) mass is 577 g/mol. The average Bonchev–Trinajstić information content (AvgIpc) is 2.94. The van der Waals surface area contributed by atoms with Gasteiger partial charge in [-0.3, -0.25) is 15.0 Å². The van der Waals surface area contributed by atoms with Gasteiger partial charge in [0.15, 0.2) is 6.29 Å². The van der Waals surface area contributed by atoms with Gasteiger partial charge >= 0.3 is 0 Å². The van der Waals surface area contributed by atoms with Gasteiger partial charge in [0, 0.05) is 19.6 Å². The molecule has 2 N–H and O–H groups in total. The quantitative estimate of drug-likeness (QED) is 0.307. The highest BCUT2D eigenvalue weighted by atomic mass is 32.2. The summed E-state index contributed by atoms with van der Waals surface area (Å²) in [6.45, 7) is 4.78. The number of sulfonamides is 1. The zero-order valence-corrected chi connectivity index (χ0v) is 25.0. The van der Waals surface area contributed by atoms with Gasteiger partial charge in [-0.1, -0.05) is 75.6 Å². The number of hydroxylamine groups is 1. The van der Waals surface area contributed by atoms with Crippen LogP contribution in [0.4, 0.5) is 0 Å². The van der Waals surface area contributed by atoms with Gasteiger partial charge in [-0.05, 0) is 55.9 Å². The van der Waals surface area contributed by atoms with Crippen molar-refractivity contribution in [2.75, 3.05) is 19.4 Å². The molecular formula is C30H47N3O6S. The van der Waals surface area contributed by atoms with Crippen molar-refractivity contribution in [2.24, 2.45) is 23.7 Å². The first-order valence-corrected chi connectivity index (χ1v) is 16.5. The highest BCUT2D eigenvalue weighted by Gasteiger charge is 2.36. The van der Waals surface area contributed by atoms with Gasteiger partial charge in [0.25, 0.3) is 0 Å². The van der Waals surface area contributed by atoms with Crippen molar-refractivity contribution < 1.29 is 27.6 Å². The van der Waals surface area contributed by atoms with E-state index in [1.165, 1.54) is 0 Å². The van der Waals surface area contributed by atoms with Crippen molar-refractivity contribution in [3.8, 4) is 0 Å². The summed E-state index contributed by atoms with van der Waals surface area (Å²) in [5.41, 5.74) is 6.23. The van der Waals surface area contributed by atoms with Crippen LogP contribution in [0.3, 0.4) is 0 Å². The third-order valence-electron chi connectivity index (χ3n) is 7.60. The molecule has 9 nitrogen and oxygen atoms in total. The maximum atomic E-state index is 13.8. The molecule has 2 amide bonds. The number of amides is 2. The lowest BCUT2D eigenvalue weighted by atomic mass is 9.82. The number of ether oxygens (including phenoxy) is 1. The Morgan fingerprint density at radius 1 is 1.02 bits per heavy atom. The Hall–Kier alpha value is -2.27. The third kappa shape index (κ3) is 11.0. The molecule has 40 heavy (non-hydrogen) atoms. The molecule has 1 saturated carbocycles. The van der Waals surface area contributed by atoms with Gasteiger partial charge in [0.1, 0.15) is 0 Å². The average molecular weight is 578 g/mol. The number of carbonyl (C=O) groups excluding carboxylic acids is 2. The Morgan fingerprint density at radius 2 is 1.73 bits per heavy atom. The molecule has 1 saturated heterocycles. The fourth-order valence-corrected chi connectivity index (χ4v) is 6.15. The van der Waals surface area contributed by atoms with Crippen LogP contribution in [0, 0.1) is 23.7 Å². The third-order valence-corrected chi connectivity index (χ3v) is 8.64. The standard InChI is InChI=1S/C30H47N3O6S/c1-23(2)21-27(29(34)31-33(40(3,36)37)22-25-15-8-5-9-16-25)26(18-12-17-24-13-6-4-7-14-24)30(35)32-39-28-19-10-11-20-38-28/h4,6-7,12-14,17,23,25-28H,5,8-11,15-16,18-22H2,1-3H3,(H,31,34)(H,32,35)/t26-,27+,28?/m0/s1. The molecule has 1 aromatic rings. The maximum absolute atomic E-state index is 13.8. The van der Waals surface area contributed by atoms with Crippen molar-refractivity contribution in [3.63, 3.8) is 0 Å². The summed E-state index contributed by atoms with van der Waals surface area (Å²) in [7, 11) is -3.70. The summed E-state index contributed by atoms with van der Waals surface area (Å²) in [6.07, 6.45) is 12.8.